The highest BCUT2D eigenvalue weighted by molar-refractivity contribution is 5.97. The first-order chi connectivity index (χ1) is 17.9. The number of nitrogens with one attached hydrogen (secondary N) is 1. The summed E-state index contributed by atoms with van der Waals surface area (Å²) >= 11 is 0. The highest BCUT2D eigenvalue weighted by Gasteiger charge is 2.32. The second-order valence-electron chi connectivity index (χ2n) is 9.54. The lowest BCUT2D eigenvalue weighted by molar-refractivity contribution is 0.0694. The second kappa shape index (κ2) is 10.2. The standard InChI is InChI=1S/C27H30FN5O4/c1-17(29-30-18-6-4-3-5-7-18)15-31-10-12-32(13-11-31)24-22(28)14-20-23(26(24)37-2)33(19-8-9-19)16-21(25(20)34)27(35)36/h3-7,14,16,19,30H,8-13,15H2,1-2H3,(H,35,36)/b29-17+. The molecule has 0 amide bonds. The molecule has 37 heavy (non-hydrogen) atoms. The van der Waals surface area contributed by atoms with Crippen LogP contribution in [0.5, 0.6) is 5.75 Å². The molecule has 0 bridgehead atoms. The van der Waals surface area contributed by atoms with E-state index < -0.39 is 17.2 Å². The van der Waals surface area contributed by atoms with Gasteiger partial charge in [-0.2, -0.15) is 5.10 Å². The van der Waals surface area contributed by atoms with Crippen LogP contribution in [0.2, 0.25) is 0 Å². The normalized spacial score (nSPS) is 16.7. The molecule has 0 spiro atoms. The highest BCUT2D eigenvalue weighted by atomic mass is 19.1. The number of halogens is 1. The van der Waals surface area contributed by atoms with Crippen molar-refractivity contribution in [2.45, 2.75) is 25.8 Å². The molecular weight excluding hydrogens is 477 g/mol. The summed E-state index contributed by atoms with van der Waals surface area (Å²) in [6.07, 6.45) is 3.11. The predicted molar refractivity (Wildman–Crippen MR) is 142 cm³/mol. The van der Waals surface area contributed by atoms with Crippen LogP contribution >= 0.6 is 0 Å². The first kappa shape index (κ1) is 24.8. The number of carboxylic acid groups (broad SMARTS) is 1. The number of piperazine rings is 1. The average Bonchev–Trinajstić information content (AvgIpc) is 3.74. The van der Waals surface area contributed by atoms with Gasteiger partial charge in [-0.3, -0.25) is 15.1 Å². The molecule has 1 saturated carbocycles. The lowest BCUT2D eigenvalue weighted by Crippen LogP contribution is -2.48. The fraction of sp³-hybridized carbons (Fsp3) is 0.370. The van der Waals surface area contributed by atoms with E-state index in [-0.39, 0.29) is 22.7 Å². The summed E-state index contributed by atoms with van der Waals surface area (Å²) < 4.78 is 23.0. The van der Waals surface area contributed by atoms with E-state index in [4.69, 9.17) is 4.74 Å². The molecule has 2 fully saturated rings. The quantitative estimate of drug-likeness (QED) is 0.354. The highest BCUT2D eigenvalue weighted by Crippen LogP contribution is 2.43. The number of methoxy groups -OCH3 is 1. The fourth-order valence-electron chi connectivity index (χ4n) is 4.89. The molecule has 5 rings (SSSR count). The number of aromatic nitrogens is 1. The van der Waals surface area contributed by atoms with E-state index in [2.05, 4.69) is 15.4 Å². The molecule has 1 aliphatic heterocycles. The van der Waals surface area contributed by atoms with Gasteiger partial charge in [-0.05, 0) is 38.0 Å². The van der Waals surface area contributed by atoms with Crippen LogP contribution in [0, 0.1) is 5.82 Å². The van der Waals surface area contributed by atoms with Crippen LogP contribution in [0.15, 0.2) is 52.5 Å². The Morgan fingerprint density at radius 3 is 2.51 bits per heavy atom. The number of hydrogen-bond acceptors (Lipinski definition) is 7. The fourth-order valence-corrected chi connectivity index (χ4v) is 4.89. The van der Waals surface area contributed by atoms with Crippen molar-refractivity contribution < 1.29 is 19.0 Å². The number of carbonyl (C=O) groups is 1. The molecule has 2 aliphatic rings. The minimum absolute atomic E-state index is 0.0290. The van der Waals surface area contributed by atoms with E-state index in [9.17, 15) is 14.7 Å². The minimum Gasteiger partial charge on any atom is -0.492 e. The van der Waals surface area contributed by atoms with Crippen LogP contribution in [0.25, 0.3) is 10.9 Å². The molecule has 194 valence electrons. The third-order valence-corrected chi connectivity index (χ3v) is 6.86. The van der Waals surface area contributed by atoms with Gasteiger partial charge < -0.3 is 19.3 Å². The van der Waals surface area contributed by atoms with Gasteiger partial charge in [0.2, 0.25) is 5.43 Å². The molecule has 0 atom stereocenters. The minimum atomic E-state index is -1.32. The predicted octanol–water partition coefficient (Wildman–Crippen LogP) is 3.79. The summed E-state index contributed by atoms with van der Waals surface area (Å²) in [5.41, 5.74) is 4.62. The van der Waals surface area contributed by atoms with Crippen molar-refractivity contribution in [3.05, 3.63) is 64.2 Å². The summed E-state index contributed by atoms with van der Waals surface area (Å²) in [6.45, 7) is 5.19. The monoisotopic (exact) mass is 507 g/mol. The number of hydrogen-bond donors (Lipinski definition) is 2. The first-order valence-electron chi connectivity index (χ1n) is 12.4. The van der Waals surface area contributed by atoms with Gasteiger partial charge in [-0.1, -0.05) is 18.2 Å². The second-order valence-corrected chi connectivity index (χ2v) is 9.54. The van der Waals surface area contributed by atoms with Crippen LogP contribution in [0.4, 0.5) is 15.8 Å². The van der Waals surface area contributed by atoms with E-state index in [1.165, 1.54) is 19.4 Å². The zero-order chi connectivity index (χ0) is 26.1. The molecule has 0 unspecified atom stereocenters. The number of anilines is 2. The van der Waals surface area contributed by atoms with E-state index in [1.807, 2.05) is 42.2 Å². The average molecular weight is 508 g/mol. The first-order valence-corrected chi connectivity index (χ1v) is 12.4. The van der Waals surface area contributed by atoms with E-state index in [0.29, 0.717) is 43.9 Å². The maximum absolute atomic E-state index is 15.5. The maximum Gasteiger partial charge on any atom is 0.341 e. The Bertz CT molecular complexity index is 1410. The molecule has 0 radical (unpaired) electrons. The smallest absolute Gasteiger partial charge is 0.341 e. The molecule has 10 heteroatoms. The van der Waals surface area contributed by atoms with Crippen molar-refractivity contribution in [2.75, 3.05) is 50.2 Å². The molecule has 1 aliphatic carbocycles. The van der Waals surface area contributed by atoms with Crippen LogP contribution in [0.3, 0.4) is 0 Å². The van der Waals surface area contributed by atoms with Gasteiger partial charge in [0.15, 0.2) is 11.6 Å². The van der Waals surface area contributed by atoms with Crippen molar-refractivity contribution in [1.29, 1.82) is 0 Å². The Morgan fingerprint density at radius 2 is 1.89 bits per heavy atom. The lowest BCUT2D eigenvalue weighted by Gasteiger charge is -2.37. The van der Waals surface area contributed by atoms with Crippen LogP contribution < -0.4 is 20.5 Å². The van der Waals surface area contributed by atoms with Crippen molar-refractivity contribution in [3.8, 4) is 5.75 Å². The molecule has 1 saturated heterocycles. The number of nitrogens with zero attached hydrogens (tertiary/aromatic N) is 4. The third-order valence-electron chi connectivity index (χ3n) is 6.86. The molecular formula is C27H30FN5O4. The van der Waals surface area contributed by atoms with Crippen molar-refractivity contribution in [1.82, 2.24) is 9.47 Å². The maximum atomic E-state index is 15.5. The third kappa shape index (κ3) is 5.01. The number of para-hydroxylation sites is 1. The number of pyridine rings is 1. The number of fused-ring (bicyclic) bond motifs is 1. The van der Waals surface area contributed by atoms with Gasteiger partial charge in [0.05, 0.1) is 23.7 Å². The summed E-state index contributed by atoms with van der Waals surface area (Å²) in [6, 6.07) is 11.0. The molecule has 9 nitrogen and oxygen atoms in total. The lowest BCUT2D eigenvalue weighted by atomic mass is 10.1. The van der Waals surface area contributed by atoms with E-state index in [1.54, 1.807) is 4.57 Å². The van der Waals surface area contributed by atoms with E-state index >= 15 is 4.39 Å². The summed E-state index contributed by atoms with van der Waals surface area (Å²) in [5, 5.41) is 14.0. The van der Waals surface area contributed by atoms with Gasteiger partial charge in [0.1, 0.15) is 11.3 Å². The van der Waals surface area contributed by atoms with Gasteiger partial charge >= 0.3 is 5.97 Å². The number of aromatic carboxylic acids is 1. The van der Waals surface area contributed by atoms with Crippen molar-refractivity contribution >= 4 is 34.0 Å². The number of rotatable bonds is 8. The van der Waals surface area contributed by atoms with Crippen LogP contribution in [-0.4, -0.2) is 66.1 Å². The Hall–Kier alpha value is -3.92. The largest absolute Gasteiger partial charge is 0.492 e. The Labute approximate surface area is 213 Å². The SMILES string of the molecule is COc1c(N2CCN(C/C(C)=N/Nc3ccccc3)CC2)c(F)cc2c(=O)c(C(=O)O)cn(C3CC3)c12. The Morgan fingerprint density at radius 1 is 1.19 bits per heavy atom. The summed E-state index contributed by atoms with van der Waals surface area (Å²) in [5.74, 6) is -1.64. The molecule has 1 aromatic heterocycles. The zero-order valence-corrected chi connectivity index (χ0v) is 20.9. The zero-order valence-electron chi connectivity index (χ0n) is 20.9. The number of benzene rings is 2. The molecule has 2 N–H and O–H groups in total. The Kier molecular flexibility index (Phi) is 6.84. The molecule has 3 aromatic rings. The van der Waals surface area contributed by atoms with Crippen molar-refractivity contribution in [2.24, 2.45) is 5.10 Å². The molecule has 2 heterocycles. The number of hydrazone groups is 1. The summed E-state index contributed by atoms with van der Waals surface area (Å²) in [4.78, 5) is 28.8. The van der Waals surface area contributed by atoms with Gasteiger partial charge in [-0.15, -0.1) is 0 Å². The van der Waals surface area contributed by atoms with Crippen LogP contribution in [-0.2, 0) is 0 Å². The van der Waals surface area contributed by atoms with Gasteiger partial charge in [0, 0.05) is 50.7 Å². The number of ether oxygens (including phenoxy) is 1. The Balaban J connectivity index is 1.38. The van der Waals surface area contributed by atoms with Gasteiger partial charge in [0.25, 0.3) is 0 Å². The summed E-state index contributed by atoms with van der Waals surface area (Å²) in [7, 11) is 1.46. The topological polar surface area (TPSA) is 99.4 Å². The number of carboxylic acids is 1. The van der Waals surface area contributed by atoms with Gasteiger partial charge in [-0.25, -0.2) is 9.18 Å². The van der Waals surface area contributed by atoms with E-state index in [0.717, 1.165) is 24.2 Å². The van der Waals surface area contributed by atoms with Crippen LogP contribution in [0.1, 0.15) is 36.2 Å². The van der Waals surface area contributed by atoms with Crippen molar-refractivity contribution in [3.63, 3.8) is 0 Å². The molecule has 2 aromatic carbocycles.